The molecule has 0 bridgehead atoms. The lowest BCUT2D eigenvalue weighted by molar-refractivity contribution is -0.153. The Morgan fingerprint density at radius 3 is 2.19 bits per heavy atom. The van der Waals surface area contributed by atoms with E-state index in [2.05, 4.69) is 0 Å². The van der Waals surface area contributed by atoms with E-state index in [-0.39, 0.29) is 6.42 Å². The monoisotopic (exact) mass is 229 g/mol. The van der Waals surface area contributed by atoms with Crippen LogP contribution in [0.1, 0.15) is 30.7 Å². The minimum Gasteiger partial charge on any atom is -0.325 e. The van der Waals surface area contributed by atoms with Gasteiger partial charge in [-0.3, -0.25) is 0 Å². The molecule has 2 rings (SSSR count). The Morgan fingerprint density at radius 1 is 1.19 bits per heavy atom. The number of rotatable bonds is 3. The van der Waals surface area contributed by atoms with Crippen LogP contribution in [0, 0.1) is 0 Å². The summed E-state index contributed by atoms with van der Waals surface area (Å²) in [6.07, 6.45) is -2.81. The Kier molecular flexibility index (Phi) is 2.70. The van der Waals surface area contributed by atoms with E-state index in [1.807, 2.05) is 0 Å². The van der Waals surface area contributed by atoms with Crippen LogP contribution in [0.15, 0.2) is 30.3 Å². The zero-order valence-electron chi connectivity index (χ0n) is 8.80. The second kappa shape index (κ2) is 3.77. The number of hydrogen-bond acceptors (Lipinski definition) is 1. The fourth-order valence-corrected chi connectivity index (χ4v) is 1.88. The average Bonchev–Trinajstić information content (AvgIpc) is 2.93. The zero-order valence-corrected chi connectivity index (χ0v) is 8.80. The average molecular weight is 229 g/mol. The summed E-state index contributed by atoms with van der Waals surface area (Å²) in [5, 5.41) is 0. The second-order valence-electron chi connectivity index (χ2n) is 4.57. The lowest BCUT2D eigenvalue weighted by atomic mass is 9.90. The molecular formula is C12H14F3N. The summed E-state index contributed by atoms with van der Waals surface area (Å²) in [4.78, 5) is 0. The van der Waals surface area contributed by atoms with E-state index in [0.29, 0.717) is 18.4 Å². The summed E-state index contributed by atoms with van der Waals surface area (Å²) in [7, 11) is 0. The summed E-state index contributed by atoms with van der Waals surface area (Å²) in [5.41, 5.74) is 5.51. The van der Waals surface area contributed by atoms with Crippen molar-refractivity contribution in [3.63, 3.8) is 0 Å². The van der Waals surface area contributed by atoms with Crippen LogP contribution in [0.4, 0.5) is 13.2 Å². The molecule has 0 aliphatic heterocycles. The van der Waals surface area contributed by atoms with Crippen molar-refractivity contribution in [1.82, 2.24) is 0 Å². The van der Waals surface area contributed by atoms with Gasteiger partial charge in [-0.2, -0.15) is 13.2 Å². The number of nitrogens with two attached hydrogens (primary N) is 1. The van der Waals surface area contributed by atoms with Gasteiger partial charge in [0.05, 0.1) is 5.92 Å². The fraction of sp³-hybridized carbons (Fsp3) is 0.500. The van der Waals surface area contributed by atoms with Gasteiger partial charge in [-0.1, -0.05) is 30.3 Å². The van der Waals surface area contributed by atoms with E-state index in [0.717, 1.165) is 0 Å². The highest BCUT2D eigenvalue weighted by molar-refractivity contribution is 5.23. The highest BCUT2D eigenvalue weighted by Gasteiger charge is 2.49. The summed E-state index contributed by atoms with van der Waals surface area (Å²) in [6, 6.07) is 8.01. The highest BCUT2D eigenvalue weighted by Crippen LogP contribution is 2.47. The summed E-state index contributed by atoms with van der Waals surface area (Å²) in [6.45, 7) is 0. The van der Waals surface area contributed by atoms with Gasteiger partial charge in [-0.05, 0) is 24.8 Å². The Balaban J connectivity index is 2.21. The molecule has 2 N–H and O–H groups in total. The lowest BCUT2D eigenvalue weighted by Crippen LogP contribution is -2.31. The third kappa shape index (κ3) is 2.55. The zero-order chi connectivity index (χ0) is 11.8. The molecule has 88 valence electrons. The minimum absolute atomic E-state index is 0.000509. The van der Waals surface area contributed by atoms with Gasteiger partial charge in [-0.25, -0.2) is 0 Å². The molecule has 4 heteroatoms. The Bertz CT molecular complexity index is 354. The second-order valence-corrected chi connectivity index (χ2v) is 4.57. The van der Waals surface area contributed by atoms with E-state index in [4.69, 9.17) is 5.73 Å². The molecule has 1 unspecified atom stereocenters. The van der Waals surface area contributed by atoms with E-state index in [1.165, 1.54) is 12.1 Å². The molecule has 0 aromatic heterocycles. The van der Waals surface area contributed by atoms with E-state index >= 15 is 0 Å². The van der Waals surface area contributed by atoms with Gasteiger partial charge in [0, 0.05) is 5.54 Å². The first-order chi connectivity index (χ1) is 7.41. The van der Waals surface area contributed by atoms with Gasteiger partial charge in [0.2, 0.25) is 0 Å². The number of benzene rings is 1. The lowest BCUT2D eigenvalue weighted by Gasteiger charge is -2.23. The van der Waals surface area contributed by atoms with E-state index in [1.54, 1.807) is 18.2 Å². The van der Waals surface area contributed by atoms with E-state index < -0.39 is 17.6 Å². The molecule has 1 fully saturated rings. The third-order valence-corrected chi connectivity index (χ3v) is 3.10. The molecule has 1 saturated carbocycles. The van der Waals surface area contributed by atoms with Crippen LogP contribution in [0.5, 0.6) is 0 Å². The van der Waals surface area contributed by atoms with Crippen LogP contribution in [-0.2, 0) is 0 Å². The summed E-state index contributed by atoms with van der Waals surface area (Å²) >= 11 is 0. The fourth-order valence-electron chi connectivity index (χ4n) is 1.88. The molecule has 0 spiro atoms. The smallest absolute Gasteiger partial charge is 0.325 e. The maximum Gasteiger partial charge on any atom is 0.395 e. The first kappa shape index (κ1) is 11.5. The van der Waals surface area contributed by atoms with Crippen molar-refractivity contribution in [1.29, 1.82) is 0 Å². The largest absolute Gasteiger partial charge is 0.395 e. The highest BCUT2D eigenvalue weighted by atomic mass is 19.4. The first-order valence-electron chi connectivity index (χ1n) is 5.31. The van der Waals surface area contributed by atoms with Crippen molar-refractivity contribution in [3.8, 4) is 0 Å². The van der Waals surface area contributed by atoms with Gasteiger partial charge < -0.3 is 5.73 Å². The molecule has 0 amide bonds. The minimum atomic E-state index is -4.21. The normalized spacial score (nSPS) is 20.5. The summed E-state index contributed by atoms with van der Waals surface area (Å²) < 4.78 is 38.7. The first-order valence-corrected chi connectivity index (χ1v) is 5.31. The standard InChI is InChI=1S/C12H14F3N/c13-12(14,15)10(8-11(16)6-7-11)9-4-2-1-3-5-9/h1-5,10H,6-8,16H2. The molecule has 1 atom stereocenters. The maximum atomic E-state index is 12.9. The van der Waals surface area contributed by atoms with E-state index in [9.17, 15) is 13.2 Å². The van der Waals surface area contributed by atoms with Crippen molar-refractivity contribution < 1.29 is 13.2 Å². The molecule has 0 radical (unpaired) electrons. The molecule has 0 saturated heterocycles. The van der Waals surface area contributed by atoms with Gasteiger partial charge in [-0.15, -0.1) is 0 Å². The SMILES string of the molecule is NC1(CC(c2ccccc2)C(F)(F)F)CC1. The number of hydrogen-bond donors (Lipinski definition) is 1. The van der Waals surface area contributed by atoms with Crippen molar-refractivity contribution in [2.24, 2.45) is 5.73 Å². The molecule has 1 aromatic carbocycles. The van der Waals surface area contributed by atoms with Crippen molar-refractivity contribution in [2.45, 2.75) is 36.9 Å². The van der Waals surface area contributed by atoms with Crippen LogP contribution >= 0.6 is 0 Å². The molecule has 1 aromatic rings. The molecule has 0 heterocycles. The number of alkyl halides is 3. The van der Waals surface area contributed by atoms with Crippen LogP contribution in [-0.4, -0.2) is 11.7 Å². The predicted octanol–water partition coefficient (Wildman–Crippen LogP) is 3.21. The Labute approximate surface area is 92.5 Å². The van der Waals surface area contributed by atoms with Crippen LogP contribution in [0.3, 0.4) is 0 Å². The third-order valence-electron chi connectivity index (χ3n) is 3.10. The van der Waals surface area contributed by atoms with Crippen LogP contribution < -0.4 is 5.73 Å². The van der Waals surface area contributed by atoms with Gasteiger partial charge in [0.25, 0.3) is 0 Å². The Hall–Kier alpha value is -1.03. The molecule has 1 aliphatic carbocycles. The predicted molar refractivity (Wildman–Crippen MR) is 56.0 cm³/mol. The quantitative estimate of drug-likeness (QED) is 0.846. The van der Waals surface area contributed by atoms with Crippen molar-refractivity contribution in [2.75, 3.05) is 0 Å². The van der Waals surface area contributed by atoms with Gasteiger partial charge in [0.1, 0.15) is 0 Å². The van der Waals surface area contributed by atoms with Gasteiger partial charge >= 0.3 is 6.18 Å². The topological polar surface area (TPSA) is 26.0 Å². The molecule has 16 heavy (non-hydrogen) atoms. The van der Waals surface area contributed by atoms with Crippen LogP contribution in [0.2, 0.25) is 0 Å². The maximum absolute atomic E-state index is 12.9. The number of halogens is 3. The molecular weight excluding hydrogens is 215 g/mol. The Morgan fingerprint density at radius 2 is 1.75 bits per heavy atom. The van der Waals surface area contributed by atoms with Crippen molar-refractivity contribution in [3.05, 3.63) is 35.9 Å². The summed E-state index contributed by atoms with van der Waals surface area (Å²) in [5.74, 6) is -1.43. The molecule has 1 nitrogen and oxygen atoms in total. The van der Waals surface area contributed by atoms with Crippen LogP contribution in [0.25, 0.3) is 0 Å². The van der Waals surface area contributed by atoms with Crippen molar-refractivity contribution >= 4 is 0 Å². The molecule has 1 aliphatic rings. The van der Waals surface area contributed by atoms with Gasteiger partial charge in [0.15, 0.2) is 0 Å².